The highest BCUT2D eigenvalue weighted by molar-refractivity contribution is 7.04. The van der Waals surface area contributed by atoms with E-state index in [2.05, 4.69) is 11.9 Å². The molecule has 22 nitrogen and oxygen atoms in total. The van der Waals surface area contributed by atoms with Crippen LogP contribution < -0.4 is 5.32 Å². The molecule has 384 valence electrons. The van der Waals surface area contributed by atoms with Gasteiger partial charge in [-0.1, -0.05) is 6.58 Å². The lowest BCUT2D eigenvalue weighted by molar-refractivity contribution is -0.130. The second-order valence-electron chi connectivity index (χ2n) is 24.1. The van der Waals surface area contributed by atoms with E-state index in [-0.39, 0.29) is 12.1 Å². The van der Waals surface area contributed by atoms with Gasteiger partial charge in [0.1, 0.15) is 0 Å². The zero-order valence-corrected chi connectivity index (χ0v) is 59.5. The van der Waals surface area contributed by atoms with E-state index < -0.39 is 139 Å². The van der Waals surface area contributed by atoms with Gasteiger partial charge in [0.2, 0.25) is 5.91 Å². The third-order valence-electron chi connectivity index (χ3n) is 7.48. The molecule has 0 unspecified atom stereocenters. The molecule has 8 bridgehead atoms. The average Bonchev–Trinajstić information content (AvgIpc) is 2.88. The van der Waals surface area contributed by atoms with E-state index in [9.17, 15) is 4.79 Å². The molecule has 0 saturated carbocycles. The Bertz CT molecular complexity index is 1660. The van der Waals surface area contributed by atoms with Crippen LogP contribution in [-0.2, 0) is 87.1 Å². The van der Waals surface area contributed by atoms with Crippen molar-refractivity contribution >= 4 is 145 Å². The molecule has 1 N–H and O–H groups in total. The molecule has 0 aliphatic carbocycles. The van der Waals surface area contributed by atoms with Gasteiger partial charge in [0.15, 0.2) is 66.5 Å². The van der Waals surface area contributed by atoms with Crippen molar-refractivity contribution in [1.29, 1.82) is 0 Å². The molecule has 6 heterocycles. The highest BCUT2D eigenvalue weighted by Gasteiger charge is 2.92. The van der Waals surface area contributed by atoms with Gasteiger partial charge < -0.3 is 87.6 Å². The Kier molecular flexibility index (Phi) is 16.3. The SMILES string of the molecule is C=C(C)C(=O)NC[Si](C)(C)O[Si]12O[Si]3(O[Si](C)(C)C)O[Si]4(O[Si](C)(C)C)O[Si]5(O[Si](C)(C)C)O[Si](O[Si](C)(C)C)(O3)O[Si](O[Si](C)(C)C)(O[Si](O[Si](C)(C)C)(O5)O[Si](O[Si](C)(C)C)(O4)O1)O2. The summed E-state index contributed by atoms with van der Waals surface area (Å²) in [6.45, 7) is 49.6. The van der Waals surface area contributed by atoms with E-state index in [1.165, 1.54) is 0 Å². The minimum Gasteiger partial charge on any atom is -0.396 e. The van der Waals surface area contributed by atoms with Crippen LogP contribution in [-0.4, -0.2) is 151 Å². The maximum Gasteiger partial charge on any atom is 0.651 e. The summed E-state index contributed by atoms with van der Waals surface area (Å²) in [5, 5.41) is 2.93. The van der Waals surface area contributed by atoms with E-state index in [0.29, 0.717) is 5.57 Å². The molecule has 1 amide bonds. The zero-order valence-electron chi connectivity index (χ0n) is 43.5. The predicted octanol–water partition coefficient (Wildman–Crippen LogP) is 6.15. The van der Waals surface area contributed by atoms with Gasteiger partial charge in [0, 0.05) is 11.7 Å². The highest BCUT2D eigenvalue weighted by atomic mass is 28.7. The summed E-state index contributed by atoms with van der Waals surface area (Å²) in [4.78, 5) is 13.1. The summed E-state index contributed by atoms with van der Waals surface area (Å²) in [6.07, 6.45) is 0.0225. The van der Waals surface area contributed by atoms with Crippen LogP contribution in [0.15, 0.2) is 12.2 Å². The molecule has 0 atom stereocenters. The molecule has 6 fully saturated rings. The molecule has 38 heteroatoms. The minimum atomic E-state index is -5.27. The standard InChI is InChI=1S/C28H77NO21Si16/c1-27(2)28(30)29-26-58(24,25)38-66-48-63(35-55(15,16)17)42-60(32-52(6,7)8)39-59(31-51(3,4)5)40-61(44-63,33-53(9,10)11)46-65(50-66,37-57(21,22)23)47-62(41-59,34-54(12,13)14)45-64(43-60,49-66)36-56(18,19)20/h1,26H2,2-25H3,(H,29,30). The minimum absolute atomic E-state index is 0.0225. The molecule has 0 radical (unpaired) electrons. The average molecular weight is 1210 g/mol. The van der Waals surface area contributed by atoms with E-state index in [1.807, 2.05) is 151 Å². The van der Waals surface area contributed by atoms with E-state index in [0.717, 1.165) is 0 Å². The molecule has 6 rings (SSSR count). The zero-order chi connectivity index (χ0) is 50.7. The maximum atomic E-state index is 13.1. The summed E-state index contributed by atoms with van der Waals surface area (Å²) in [5.41, 5.74) is 0.299. The van der Waals surface area contributed by atoms with Crippen LogP contribution in [0.2, 0.25) is 151 Å². The number of hydrogen-bond donors (Lipinski definition) is 1. The van der Waals surface area contributed by atoms with Crippen molar-refractivity contribution in [3.05, 3.63) is 12.2 Å². The Morgan fingerprint density at radius 1 is 0.348 bits per heavy atom. The fourth-order valence-electron chi connectivity index (χ4n) is 6.28. The summed E-state index contributed by atoms with van der Waals surface area (Å²) in [5.74, 6) is -0.383. The molecule has 0 aromatic heterocycles. The van der Waals surface area contributed by atoms with Crippen molar-refractivity contribution in [2.45, 2.75) is 158 Å². The molecule has 6 saturated heterocycles. The summed E-state index contributed by atoms with van der Waals surface area (Å²) in [6, 6.07) is 0. The van der Waals surface area contributed by atoms with Gasteiger partial charge in [-0.2, -0.15) is 0 Å². The Labute approximate surface area is 410 Å². The molecule has 0 aromatic carbocycles. The molecular formula is C28H77NO21Si16. The Hall–Kier alpha value is 1.88. The first-order valence-electron chi connectivity index (χ1n) is 21.9. The second kappa shape index (κ2) is 18.3. The van der Waals surface area contributed by atoms with E-state index in [4.69, 9.17) is 82.3 Å². The van der Waals surface area contributed by atoms with Gasteiger partial charge in [-0.05, 0) is 158 Å². The molecule has 0 spiro atoms. The van der Waals surface area contributed by atoms with Crippen LogP contribution in [0.1, 0.15) is 6.92 Å². The van der Waals surface area contributed by atoms with Crippen LogP contribution in [0, 0.1) is 0 Å². The fourth-order valence-corrected chi connectivity index (χ4v) is 71.6. The van der Waals surface area contributed by atoms with Gasteiger partial charge in [0.25, 0.3) is 0 Å². The van der Waals surface area contributed by atoms with Crippen molar-refractivity contribution in [2.75, 3.05) is 6.17 Å². The molecule has 0 aromatic rings. The van der Waals surface area contributed by atoms with Crippen molar-refractivity contribution in [3.8, 4) is 0 Å². The maximum absolute atomic E-state index is 13.1. The van der Waals surface area contributed by atoms with Crippen LogP contribution in [0.5, 0.6) is 0 Å². The molecule has 6 aliphatic heterocycles. The Balaban J connectivity index is 2.06. The Morgan fingerprint density at radius 3 is 0.636 bits per heavy atom. The van der Waals surface area contributed by atoms with Gasteiger partial charge in [0.05, 0.1) is 0 Å². The third kappa shape index (κ3) is 15.9. The first-order chi connectivity index (χ1) is 29.0. The van der Waals surface area contributed by atoms with Gasteiger partial charge in [-0.25, -0.2) is 0 Å². The lowest BCUT2D eigenvalue weighted by atomic mass is 10.3. The number of rotatable bonds is 19. The summed E-state index contributed by atoms with van der Waals surface area (Å²) >= 11 is 0. The summed E-state index contributed by atoms with van der Waals surface area (Å²) < 4.78 is 146. The normalized spacial score (nSPS) is 36.9. The quantitative estimate of drug-likeness (QED) is 0.113. The number of carbonyl (C=O) groups is 1. The molecule has 6 aliphatic rings. The smallest absolute Gasteiger partial charge is 0.396 e. The van der Waals surface area contributed by atoms with E-state index in [1.54, 1.807) is 6.92 Å². The number of hydrogen-bond acceptors (Lipinski definition) is 21. The molecular weight excluding hydrogens is 1140 g/mol. The van der Waals surface area contributed by atoms with Crippen molar-refractivity contribution in [2.24, 2.45) is 0 Å². The molecule has 66 heavy (non-hydrogen) atoms. The van der Waals surface area contributed by atoms with E-state index >= 15 is 0 Å². The van der Waals surface area contributed by atoms with Gasteiger partial charge in [-0.3, -0.25) is 4.79 Å². The van der Waals surface area contributed by atoms with Crippen LogP contribution in [0.4, 0.5) is 0 Å². The highest BCUT2D eigenvalue weighted by Crippen LogP contribution is 2.53. The lowest BCUT2D eigenvalue weighted by Crippen LogP contribution is -2.93. The van der Waals surface area contributed by atoms with Crippen LogP contribution >= 0.6 is 0 Å². The van der Waals surface area contributed by atoms with Crippen molar-refractivity contribution in [3.63, 3.8) is 0 Å². The summed E-state index contributed by atoms with van der Waals surface area (Å²) in [7, 11) is -64.9. The van der Waals surface area contributed by atoms with Crippen LogP contribution in [0.25, 0.3) is 0 Å². The largest absolute Gasteiger partial charge is 0.651 e. The predicted molar refractivity (Wildman–Crippen MR) is 276 cm³/mol. The first-order valence-corrected chi connectivity index (χ1v) is 62.0. The number of nitrogens with one attached hydrogen (secondary N) is 1. The second-order valence-corrected chi connectivity index (χ2v) is 81.8. The Morgan fingerprint density at radius 2 is 0.500 bits per heavy atom. The van der Waals surface area contributed by atoms with Crippen molar-refractivity contribution in [1.82, 2.24) is 5.32 Å². The number of carbonyl (C=O) groups excluding carboxylic acids is 1. The first kappa shape index (κ1) is 58.8. The monoisotopic (exact) mass is 1210 g/mol. The topological polar surface area (TPSA) is 214 Å². The van der Waals surface area contributed by atoms with Gasteiger partial charge in [-0.15, -0.1) is 0 Å². The lowest BCUT2D eigenvalue weighted by Gasteiger charge is -2.60. The van der Waals surface area contributed by atoms with Gasteiger partial charge >= 0.3 is 72.4 Å². The van der Waals surface area contributed by atoms with Crippen molar-refractivity contribution < 1.29 is 87.1 Å². The fraction of sp³-hybridized carbons (Fsp3) is 0.893. The van der Waals surface area contributed by atoms with Crippen LogP contribution in [0.3, 0.4) is 0 Å². The number of amides is 1. The third-order valence-corrected chi connectivity index (χ3v) is 59.9.